The van der Waals surface area contributed by atoms with Gasteiger partial charge in [-0.25, -0.2) is 4.57 Å². The first-order valence-electron chi connectivity index (χ1n) is 19.6. The van der Waals surface area contributed by atoms with E-state index in [-0.39, 0.29) is 19.4 Å². The molecule has 0 saturated carbocycles. The van der Waals surface area contributed by atoms with Crippen LogP contribution in [0, 0.1) is 0 Å². The van der Waals surface area contributed by atoms with Crippen molar-refractivity contribution >= 4 is 25.7 Å². The van der Waals surface area contributed by atoms with Gasteiger partial charge in [-0.05, 0) is 83.5 Å². The number of ether oxygens (including phenoxy) is 2. The molecule has 306 valence electrons. The molecule has 0 aliphatic carbocycles. The summed E-state index contributed by atoms with van der Waals surface area (Å²) in [5.74, 6) is -2.47. The number of unbranched alkanes of at least 4 members (excludes halogenated alkanes) is 7. The third-order valence-corrected chi connectivity index (χ3v) is 8.59. The van der Waals surface area contributed by atoms with E-state index in [1.165, 1.54) is 0 Å². The van der Waals surface area contributed by atoms with Crippen LogP contribution in [-0.4, -0.2) is 59.9 Å². The van der Waals surface area contributed by atoms with Crippen molar-refractivity contribution in [3.8, 4) is 0 Å². The van der Waals surface area contributed by atoms with Crippen LogP contribution in [0.25, 0.3) is 0 Å². The number of esters is 2. The highest BCUT2D eigenvalue weighted by molar-refractivity contribution is 7.47. The standard InChI is InChI=1S/C42H68NO10P/c1-3-5-7-9-11-13-15-17-19-21-23-25-27-29-31-33-40(44)50-35-38(36-51-54(48,49)52-37-39(43)42(46)47)53-41(45)34-32-30-28-26-24-22-20-18-16-14-12-10-8-6-4-2/h5-8,11-14,17-20,24,26,38-39H,3-4,9-10,15-16,21-23,25,27-37,43H2,1-2H3,(H,46,47)(H,48,49)/b7-5-,8-6-,13-11-,14-12-,19-17-,20-18-,26-24-/t38-,39+/m1/s1. The number of phosphoric acid groups is 1. The molecule has 54 heavy (non-hydrogen) atoms. The van der Waals surface area contributed by atoms with Crippen molar-refractivity contribution in [2.24, 2.45) is 5.73 Å². The minimum Gasteiger partial charge on any atom is -0.480 e. The number of carbonyl (C=O) groups is 3. The lowest BCUT2D eigenvalue weighted by Crippen LogP contribution is -2.34. The summed E-state index contributed by atoms with van der Waals surface area (Å²) >= 11 is 0. The minimum atomic E-state index is -4.73. The Morgan fingerprint density at radius 3 is 1.50 bits per heavy atom. The van der Waals surface area contributed by atoms with Gasteiger partial charge in [0.2, 0.25) is 0 Å². The summed E-state index contributed by atoms with van der Waals surface area (Å²) in [6.45, 7) is 2.48. The summed E-state index contributed by atoms with van der Waals surface area (Å²) in [5, 5.41) is 8.87. The maximum atomic E-state index is 12.6. The van der Waals surface area contributed by atoms with Gasteiger partial charge in [0, 0.05) is 12.8 Å². The van der Waals surface area contributed by atoms with Crippen LogP contribution in [-0.2, 0) is 37.5 Å². The monoisotopic (exact) mass is 777 g/mol. The lowest BCUT2D eigenvalue weighted by atomic mass is 10.1. The largest absolute Gasteiger partial charge is 0.480 e. The van der Waals surface area contributed by atoms with Crippen LogP contribution in [0.2, 0.25) is 0 Å². The number of carbonyl (C=O) groups excluding carboxylic acids is 2. The van der Waals surface area contributed by atoms with E-state index < -0.39 is 51.1 Å². The molecule has 12 heteroatoms. The highest BCUT2D eigenvalue weighted by Gasteiger charge is 2.28. The van der Waals surface area contributed by atoms with Crippen LogP contribution in [0.15, 0.2) is 85.1 Å². The molecular weight excluding hydrogens is 709 g/mol. The molecule has 1 unspecified atom stereocenters. The first kappa shape index (κ1) is 50.7. The van der Waals surface area contributed by atoms with Crippen molar-refractivity contribution in [1.82, 2.24) is 0 Å². The molecule has 0 heterocycles. The third-order valence-electron chi connectivity index (χ3n) is 7.64. The van der Waals surface area contributed by atoms with Crippen molar-refractivity contribution in [3.63, 3.8) is 0 Å². The van der Waals surface area contributed by atoms with Gasteiger partial charge < -0.3 is 25.2 Å². The summed E-state index contributed by atoms with van der Waals surface area (Å²) in [6.07, 6.45) is 43.7. The molecule has 0 amide bonds. The average molecular weight is 778 g/mol. The van der Waals surface area contributed by atoms with Gasteiger partial charge in [0.25, 0.3) is 0 Å². The Balaban J connectivity index is 4.54. The first-order valence-corrected chi connectivity index (χ1v) is 21.1. The number of nitrogens with two attached hydrogens (primary N) is 1. The Kier molecular flexibility index (Phi) is 34.4. The van der Waals surface area contributed by atoms with Gasteiger partial charge in [0.15, 0.2) is 6.10 Å². The zero-order chi connectivity index (χ0) is 40.0. The number of aliphatic carboxylic acids is 1. The Morgan fingerprint density at radius 1 is 0.574 bits per heavy atom. The quantitative estimate of drug-likeness (QED) is 0.0242. The van der Waals surface area contributed by atoms with Gasteiger partial charge in [-0.3, -0.25) is 23.4 Å². The smallest absolute Gasteiger partial charge is 0.472 e. The van der Waals surface area contributed by atoms with Crippen LogP contribution in [0.5, 0.6) is 0 Å². The van der Waals surface area contributed by atoms with Gasteiger partial charge in [0.1, 0.15) is 12.6 Å². The zero-order valence-corrected chi connectivity index (χ0v) is 33.7. The molecule has 0 bridgehead atoms. The van der Waals surface area contributed by atoms with E-state index in [4.69, 9.17) is 24.8 Å². The van der Waals surface area contributed by atoms with E-state index in [2.05, 4.69) is 103 Å². The average Bonchev–Trinajstić information content (AvgIpc) is 3.14. The maximum absolute atomic E-state index is 12.6. The van der Waals surface area contributed by atoms with Crippen molar-refractivity contribution in [2.45, 2.75) is 142 Å². The second-order valence-corrected chi connectivity index (χ2v) is 14.1. The Morgan fingerprint density at radius 2 is 0.981 bits per heavy atom. The summed E-state index contributed by atoms with van der Waals surface area (Å²) in [6, 6.07) is -1.53. The molecule has 0 fully saturated rings. The molecule has 0 aliphatic heterocycles. The molecule has 11 nitrogen and oxygen atoms in total. The van der Waals surface area contributed by atoms with E-state index in [9.17, 15) is 23.8 Å². The van der Waals surface area contributed by atoms with Crippen molar-refractivity contribution in [3.05, 3.63) is 85.1 Å². The summed E-state index contributed by atoms with van der Waals surface area (Å²) in [7, 11) is -4.73. The summed E-state index contributed by atoms with van der Waals surface area (Å²) < 4.78 is 32.5. The molecule has 0 aliphatic rings. The van der Waals surface area contributed by atoms with Gasteiger partial charge in [-0.15, -0.1) is 0 Å². The molecule has 4 N–H and O–H groups in total. The lowest BCUT2D eigenvalue weighted by molar-refractivity contribution is -0.161. The fourth-order valence-corrected chi connectivity index (χ4v) is 5.38. The molecule has 3 atom stereocenters. The van der Waals surface area contributed by atoms with Crippen LogP contribution >= 0.6 is 7.82 Å². The van der Waals surface area contributed by atoms with Crippen LogP contribution in [0.3, 0.4) is 0 Å². The van der Waals surface area contributed by atoms with E-state index in [0.717, 1.165) is 89.9 Å². The van der Waals surface area contributed by atoms with Crippen molar-refractivity contribution < 1.29 is 47.5 Å². The molecule has 0 aromatic carbocycles. The second-order valence-electron chi connectivity index (χ2n) is 12.6. The Hall–Kier alpha value is -3.34. The second kappa shape index (κ2) is 36.6. The maximum Gasteiger partial charge on any atom is 0.472 e. The molecule has 0 rings (SSSR count). The lowest BCUT2D eigenvalue weighted by Gasteiger charge is -2.20. The van der Waals surface area contributed by atoms with Gasteiger partial charge in [0.05, 0.1) is 13.2 Å². The van der Waals surface area contributed by atoms with Crippen molar-refractivity contribution in [1.29, 1.82) is 0 Å². The minimum absolute atomic E-state index is 0.0997. The third kappa shape index (κ3) is 35.7. The number of hydrogen-bond acceptors (Lipinski definition) is 9. The first-order chi connectivity index (χ1) is 26.1. The van der Waals surface area contributed by atoms with E-state index in [1.807, 2.05) is 0 Å². The van der Waals surface area contributed by atoms with Crippen molar-refractivity contribution in [2.75, 3.05) is 19.8 Å². The van der Waals surface area contributed by atoms with E-state index in [0.29, 0.717) is 12.8 Å². The van der Waals surface area contributed by atoms with Crippen LogP contribution < -0.4 is 5.73 Å². The molecule has 0 spiro atoms. The molecule has 0 radical (unpaired) electrons. The van der Waals surface area contributed by atoms with Crippen LogP contribution in [0.1, 0.15) is 129 Å². The van der Waals surface area contributed by atoms with Crippen LogP contribution in [0.4, 0.5) is 0 Å². The van der Waals surface area contributed by atoms with Gasteiger partial charge in [-0.1, -0.05) is 118 Å². The predicted molar refractivity (Wildman–Crippen MR) is 217 cm³/mol. The van der Waals surface area contributed by atoms with E-state index >= 15 is 0 Å². The fourth-order valence-electron chi connectivity index (χ4n) is 4.60. The molecule has 0 saturated heterocycles. The van der Waals surface area contributed by atoms with Gasteiger partial charge in [-0.2, -0.15) is 0 Å². The topological polar surface area (TPSA) is 172 Å². The number of phosphoric ester groups is 1. The number of hydrogen-bond donors (Lipinski definition) is 3. The number of carboxylic acid groups (broad SMARTS) is 1. The normalized spacial score (nSPS) is 14.7. The number of rotatable bonds is 35. The van der Waals surface area contributed by atoms with Gasteiger partial charge >= 0.3 is 25.7 Å². The number of allylic oxidation sites excluding steroid dienone is 14. The zero-order valence-electron chi connectivity index (χ0n) is 32.8. The molecule has 0 aromatic heterocycles. The number of carboxylic acids is 1. The Labute approximate surface area is 324 Å². The SMILES string of the molecule is CC/C=C\C/C=C\C/C=C\C/C=C\CCCCC(=O)O[C@H](COC(=O)CCCCCCC/C=C\C/C=C\C/C=C\CC)COP(=O)(O)OC[C@H](N)C(=O)O. The molecular formula is C42H68NO10P. The molecule has 0 aromatic rings. The highest BCUT2D eigenvalue weighted by Crippen LogP contribution is 2.43. The van der Waals surface area contributed by atoms with E-state index in [1.54, 1.807) is 0 Å². The Bertz CT molecular complexity index is 1240. The summed E-state index contributed by atoms with van der Waals surface area (Å²) in [5.41, 5.74) is 5.32. The fraction of sp³-hybridized carbons (Fsp3) is 0.595. The predicted octanol–water partition coefficient (Wildman–Crippen LogP) is 9.94. The summed E-state index contributed by atoms with van der Waals surface area (Å²) in [4.78, 5) is 45.8. The highest BCUT2D eigenvalue weighted by atomic mass is 31.2.